The molecule has 6 rings (SSSR count). The summed E-state index contributed by atoms with van der Waals surface area (Å²) < 4.78 is 35.7. The molecular weight excluding hydrogens is 965 g/mol. The van der Waals surface area contributed by atoms with Gasteiger partial charge in [0, 0.05) is 48.3 Å². The summed E-state index contributed by atoms with van der Waals surface area (Å²) in [6.45, 7) is 21.5. The minimum Gasteiger partial charge on any atom is -0.411 e. The van der Waals surface area contributed by atoms with Crippen molar-refractivity contribution in [2.45, 2.75) is 107 Å². The van der Waals surface area contributed by atoms with Gasteiger partial charge in [-0.1, -0.05) is 99.6 Å². The Morgan fingerprint density at radius 2 is 1.04 bits per heavy atom. The third-order valence-electron chi connectivity index (χ3n) is 13.0. The Morgan fingerprint density at radius 3 is 1.40 bits per heavy atom. The van der Waals surface area contributed by atoms with Gasteiger partial charge in [-0.15, -0.1) is 0 Å². The van der Waals surface area contributed by atoms with Crippen LogP contribution < -0.4 is 30.4 Å². The minimum atomic E-state index is -4.09. The number of allylic oxidation sites excluding steroid dienone is 18. The summed E-state index contributed by atoms with van der Waals surface area (Å²) in [5, 5.41) is 10.3. The first-order valence-corrected chi connectivity index (χ1v) is 26.2. The molecule has 0 bridgehead atoms. The highest BCUT2D eigenvalue weighted by atomic mass is 32.2. The van der Waals surface area contributed by atoms with Crippen LogP contribution >= 0.6 is 0 Å². The van der Waals surface area contributed by atoms with Crippen LogP contribution in [0.4, 0.5) is 16.2 Å². The lowest BCUT2D eigenvalue weighted by Gasteiger charge is -2.38. The quantitative estimate of drug-likeness (QED) is 0.0583. The number of imidazole rings is 2. The molecule has 4 aromatic rings. The molecule has 2 heterocycles. The van der Waals surface area contributed by atoms with E-state index in [0.717, 1.165) is 48.0 Å². The number of hydrogen-bond donors (Lipinski definition) is 4. The molecule has 0 aliphatic heterocycles. The molecule has 2 aromatic heterocycles. The normalized spacial score (nSPS) is 18.7. The van der Waals surface area contributed by atoms with Crippen molar-refractivity contribution in [1.82, 2.24) is 19.1 Å². The summed E-state index contributed by atoms with van der Waals surface area (Å²) in [5.41, 5.74) is 15.6. The molecule has 0 saturated heterocycles. The van der Waals surface area contributed by atoms with Gasteiger partial charge >= 0.3 is 16.4 Å². The lowest BCUT2D eigenvalue weighted by atomic mass is 9.71. The Bertz CT molecular complexity index is 3070. The van der Waals surface area contributed by atoms with Crippen LogP contribution in [0.3, 0.4) is 0 Å². The first-order valence-electron chi connectivity index (χ1n) is 24.7. The van der Waals surface area contributed by atoms with Crippen molar-refractivity contribution in [3.05, 3.63) is 203 Å². The molecule has 0 radical (unpaired) electrons. The number of rotatable bonds is 17. The number of amides is 3. The van der Waals surface area contributed by atoms with Gasteiger partial charge in [0.2, 0.25) is 11.8 Å². The summed E-state index contributed by atoms with van der Waals surface area (Å²) in [5.74, 6) is -0.177. The van der Waals surface area contributed by atoms with Crippen molar-refractivity contribution in [3.8, 4) is 11.5 Å². The van der Waals surface area contributed by atoms with E-state index in [1.165, 1.54) is 58.7 Å². The van der Waals surface area contributed by atoms with E-state index >= 15 is 0 Å². The predicted molar refractivity (Wildman–Crippen MR) is 300 cm³/mol. The maximum atomic E-state index is 12.3. The predicted octanol–water partition coefficient (Wildman–Crippen LogP) is 12.4. The zero-order chi connectivity index (χ0) is 54.9. The highest BCUT2D eigenvalue weighted by Crippen LogP contribution is 2.46. The van der Waals surface area contributed by atoms with Crippen LogP contribution in [0.2, 0.25) is 0 Å². The van der Waals surface area contributed by atoms with Gasteiger partial charge in [0.15, 0.2) is 0 Å². The topological polar surface area (TPSA) is 216 Å². The van der Waals surface area contributed by atoms with Gasteiger partial charge in [-0.2, -0.15) is 13.6 Å². The SMILES string of the molecule is CC1=C(/C=C/C(C)=C/C=C/C(C)=C/C(=O)Nc2ccc(OC(N)=O)cc2)C(C)(C)CCC1n1ccnc1.CC1=C(/C=C/C(C)=C/C=C/C(C)=C/C(=O)Nc2ccc(OS(N)(=O)=O)cc2)C(C)(C)CCC1n1ccnc1. The van der Waals surface area contributed by atoms with Crippen molar-refractivity contribution >= 4 is 39.6 Å². The van der Waals surface area contributed by atoms with Crippen molar-refractivity contribution in [2.24, 2.45) is 21.7 Å². The van der Waals surface area contributed by atoms with Crippen LogP contribution in [0.1, 0.15) is 107 Å². The van der Waals surface area contributed by atoms with Gasteiger partial charge in [-0.3, -0.25) is 9.59 Å². The Labute approximate surface area is 442 Å². The number of carbonyl (C=O) groups is 3. The zero-order valence-electron chi connectivity index (χ0n) is 44.7. The number of hydrogen-bond acceptors (Lipinski definition) is 9. The van der Waals surface area contributed by atoms with E-state index < -0.39 is 16.4 Å². The van der Waals surface area contributed by atoms with Crippen LogP contribution in [0.5, 0.6) is 11.5 Å². The number of nitrogens with one attached hydrogen (secondary N) is 2. The van der Waals surface area contributed by atoms with E-state index in [4.69, 9.17) is 15.6 Å². The van der Waals surface area contributed by atoms with Crippen molar-refractivity contribution in [3.63, 3.8) is 0 Å². The molecule has 15 nitrogen and oxygen atoms in total. The molecule has 16 heteroatoms. The Morgan fingerprint density at radius 1 is 0.640 bits per heavy atom. The van der Waals surface area contributed by atoms with Gasteiger partial charge in [0.05, 0.1) is 24.7 Å². The van der Waals surface area contributed by atoms with E-state index in [0.29, 0.717) is 29.2 Å². The Kier molecular flexibility index (Phi) is 20.4. The van der Waals surface area contributed by atoms with Crippen molar-refractivity contribution in [2.75, 3.05) is 10.6 Å². The van der Waals surface area contributed by atoms with Crippen LogP contribution in [0.25, 0.3) is 0 Å². The number of anilines is 2. The first-order chi connectivity index (χ1) is 35.4. The minimum absolute atomic E-state index is 0.0629. The Balaban J connectivity index is 0.000000277. The summed E-state index contributed by atoms with van der Waals surface area (Å²) >= 11 is 0. The van der Waals surface area contributed by atoms with Crippen LogP contribution in [0, 0.1) is 10.8 Å². The molecule has 0 saturated carbocycles. The van der Waals surface area contributed by atoms with E-state index in [-0.39, 0.29) is 28.4 Å². The molecule has 6 N–H and O–H groups in total. The summed E-state index contributed by atoms with van der Waals surface area (Å²) in [4.78, 5) is 43.8. The second-order valence-corrected chi connectivity index (χ2v) is 21.2. The molecule has 2 aliphatic carbocycles. The average Bonchev–Trinajstić information content (AvgIpc) is 4.06. The van der Waals surface area contributed by atoms with Crippen LogP contribution in [-0.2, 0) is 19.9 Å². The van der Waals surface area contributed by atoms with Gasteiger partial charge in [0.25, 0.3) is 0 Å². The number of benzene rings is 2. The molecule has 396 valence electrons. The lowest BCUT2D eigenvalue weighted by Crippen LogP contribution is -2.25. The third kappa shape index (κ3) is 18.6. The number of aromatic nitrogens is 4. The highest BCUT2D eigenvalue weighted by Gasteiger charge is 2.33. The van der Waals surface area contributed by atoms with Crippen LogP contribution in [-0.4, -0.2) is 45.4 Å². The number of ether oxygens (including phenoxy) is 1. The monoisotopic (exact) mass is 1040 g/mol. The molecule has 0 fully saturated rings. The molecule has 2 atom stereocenters. The number of nitrogens with two attached hydrogens (primary N) is 2. The maximum Gasteiger partial charge on any atom is 0.409 e. The second kappa shape index (κ2) is 26.4. The molecule has 2 aromatic carbocycles. The lowest BCUT2D eigenvalue weighted by molar-refractivity contribution is -0.112. The molecule has 3 amide bonds. The van der Waals surface area contributed by atoms with Gasteiger partial charge in [-0.05, 0) is 160 Å². The molecular formula is C59H72N8O7S. The van der Waals surface area contributed by atoms with Gasteiger partial charge in [0.1, 0.15) is 11.5 Å². The second-order valence-electron chi connectivity index (χ2n) is 20.1. The van der Waals surface area contributed by atoms with E-state index in [1.807, 2.05) is 87.7 Å². The van der Waals surface area contributed by atoms with E-state index in [1.54, 1.807) is 24.3 Å². The Hall–Kier alpha value is -7.82. The number of primary amides is 1. The van der Waals surface area contributed by atoms with Gasteiger partial charge in [-0.25, -0.2) is 14.8 Å². The maximum absolute atomic E-state index is 12.3. The molecule has 2 aliphatic rings. The zero-order valence-corrected chi connectivity index (χ0v) is 45.5. The summed E-state index contributed by atoms with van der Waals surface area (Å²) in [6.07, 6.45) is 38.5. The van der Waals surface area contributed by atoms with Crippen molar-refractivity contribution < 1.29 is 31.7 Å². The van der Waals surface area contributed by atoms with Gasteiger partial charge < -0.3 is 34.4 Å². The fraction of sp³-hybridized carbons (Fsp3) is 0.305. The van der Waals surface area contributed by atoms with E-state index in [2.05, 4.69) is 114 Å². The summed E-state index contributed by atoms with van der Waals surface area (Å²) in [6, 6.07) is 12.9. The standard InChI is InChI=1S/C30H36N4O3.C29H36N4O4S/c1-21(9-14-26-23(3)27(15-16-30(26,4)5)34-18-17-32-20-34)7-6-8-22(2)19-28(35)33-24-10-12-25(13-11-24)37-29(31)36;1-21(9-14-26-23(3)27(15-16-29(26,4)5)33-18-17-31-20-33)7-6-8-22(2)19-28(34)32-24-10-12-25(13-11-24)37-38(30,35)36/h6-14,17-20,27H,15-16H2,1-5H3,(H2,31,36)(H,33,35);6-14,17-20,27H,15-16H2,1-5H3,(H,32,34)(H2,30,35,36)/b2*8-6+,14-9+,21-7+,22-19+. The van der Waals surface area contributed by atoms with Crippen molar-refractivity contribution in [1.29, 1.82) is 0 Å². The highest BCUT2D eigenvalue weighted by molar-refractivity contribution is 7.84. The third-order valence-corrected chi connectivity index (χ3v) is 13.4. The summed E-state index contributed by atoms with van der Waals surface area (Å²) in [7, 11) is -4.09. The smallest absolute Gasteiger partial charge is 0.409 e. The molecule has 2 unspecified atom stereocenters. The first kappa shape index (κ1) is 58.1. The van der Waals surface area contributed by atoms with Crippen LogP contribution in [0.15, 0.2) is 203 Å². The fourth-order valence-corrected chi connectivity index (χ4v) is 9.43. The molecule has 75 heavy (non-hydrogen) atoms. The van der Waals surface area contributed by atoms with E-state index in [9.17, 15) is 22.8 Å². The number of nitrogens with zero attached hydrogens (tertiary/aromatic N) is 4. The average molecular weight is 1040 g/mol. The largest absolute Gasteiger partial charge is 0.411 e. The fourth-order valence-electron chi connectivity index (χ4n) is 9.05. The molecule has 0 spiro atoms. The number of carbonyl (C=O) groups excluding carboxylic acids is 3.